The van der Waals surface area contributed by atoms with E-state index in [0.717, 1.165) is 11.3 Å². The Morgan fingerprint density at radius 3 is 2.85 bits per heavy atom. The monoisotopic (exact) mass is 293 g/mol. The van der Waals surface area contributed by atoms with Gasteiger partial charge in [-0.05, 0) is 43.1 Å². The first-order valence-electron chi connectivity index (χ1n) is 6.16. The minimum absolute atomic E-state index is 0.00613. The first kappa shape index (κ1) is 14.3. The second-order valence-corrected chi connectivity index (χ2v) is 4.80. The van der Waals surface area contributed by atoms with Crippen LogP contribution in [0.5, 0.6) is 5.75 Å². The van der Waals surface area contributed by atoms with E-state index in [9.17, 15) is 0 Å². The highest BCUT2D eigenvalue weighted by atomic mass is 35.5. The third-order valence-electron chi connectivity index (χ3n) is 2.49. The molecule has 2 rings (SSSR count). The molecule has 0 amide bonds. The lowest BCUT2D eigenvalue weighted by Gasteiger charge is -2.15. The molecule has 3 N–H and O–H groups in total. The molecule has 2 aromatic rings. The molecule has 1 heterocycles. The molecule has 0 aliphatic heterocycles. The topological polar surface area (TPSA) is 86.0 Å². The van der Waals surface area contributed by atoms with E-state index in [2.05, 4.69) is 20.3 Å². The van der Waals surface area contributed by atoms with Gasteiger partial charge in [-0.15, -0.1) is 0 Å². The lowest BCUT2D eigenvalue weighted by Crippen LogP contribution is -2.25. The summed E-state index contributed by atoms with van der Waals surface area (Å²) in [5, 5.41) is 3.12. The maximum absolute atomic E-state index is 5.71. The van der Waals surface area contributed by atoms with Gasteiger partial charge in [-0.3, -0.25) is 0 Å². The van der Waals surface area contributed by atoms with Crippen molar-refractivity contribution in [2.45, 2.75) is 19.9 Å². The Balaban J connectivity index is 1.90. The molecule has 20 heavy (non-hydrogen) atoms. The lowest BCUT2D eigenvalue weighted by molar-refractivity contribution is 0.303. The highest BCUT2D eigenvalue weighted by Gasteiger charge is 2.07. The number of nitrogens with one attached hydrogen (secondary N) is 1. The molecule has 0 aliphatic rings. The Kier molecular flexibility index (Phi) is 4.57. The Labute approximate surface area is 122 Å². The van der Waals surface area contributed by atoms with Crippen molar-refractivity contribution in [2.24, 2.45) is 0 Å². The van der Waals surface area contributed by atoms with E-state index in [0.29, 0.717) is 12.6 Å². The zero-order valence-electron chi connectivity index (χ0n) is 11.3. The van der Waals surface area contributed by atoms with Gasteiger partial charge in [-0.2, -0.15) is 15.0 Å². The standard InChI is InChI=1S/C13H16ClN5O/c1-8-4-3-5-10(6-8)20-7-9(2)16-13-18-11(14)17-12(15)19-13/h3-6,9H,7H2,1-2H3,(H3,15,16,17,18,19). The number of halogens is 1. The van der Waals surface area contributed by atoms with Crippen LogP contribution in [0.1, 0.15) is 12.5 Å². The Morgan fingerprint density at radius 2 is 2.15 bits per heavy atom. The third-order valence-corrected chi connectivity index (χ3v) is 2.66. The van der Waals surface area contributed by atoms with E-state index in [1.54, 1.807) is 0 Å². The van der Waals surface area contributed by atoms with Crippen LogP contribution in [0.25, 0.3) is 0 Å². The summed E-state index contributed by atoms with van der Waals surface area (Å²) in [6.45, 7) is 4.43. The second kappa shape index (κ2) is 6.38. The summed E-state index contributed by atoms with van der Waals surface area (Å²) < 4.78 is 5.68. The second-order valence-electron chi connectivity index (χ2n) is 4.46. The fourth-order valence-electron chi connectivity index (χ4n) is 1.62. The molecule has 106 valence electrons. The minimum atomic E-state index is -0.00613. The van der Waals surface area contributed by atoms with Gasteiger partial charge in [-0.25, -0.2) is 0 Å². The molecule has 1 aromatic heterocycles. The van der Waals surface area contributed by atoms with Crippen molar-refractivity contribution in [3.63, 3.8) is 0 Å². The van der Waals surface area contributed by atoms with Crippen LogP contribution in [-0.2, 0) is 0 Å². The zero-order chi connectivity index (χ0) is 14.5. The number of ether oxygens (including phenoxy) is 1. The normalized spacial score (nSPS) is 11.9. The maximum atomic E-state index is 5.71. The molecule has 1 unspecified atom stereocenters. The molecule has 0 saturated heterocycles. The Morgan fingerprint density at radius 1 is 1.35 bits per heavy atom. The van der Waals surface area contributed by atoms with Crippen LogP contribution in [0.4, 0.5) is 11.9 Å². The number of nitrogens with zero attached hydrogens (tertiary/aromatic N) is 3. The van der Waals surface area contributed by atoms with Crippen LogP contribution in [0, 0.1) is 6.92 Å². The summed E-state index contributed by atoms with van der Waals surface area (Å²) in [4.78, 5) is 11.6. The van der Waals surface area contributed by atoms with Crippen LogP contribution in [0.2, 0.25) is 5.28 Å². The molecule has 0 aliphatic carbocycles. The van der Waals surface area contributed by atoms with Crippen molar-refractivity contribution < 1.29 is 4.74 Å². The van der Waals surface area contributed by atoms with Crippen molar-refractivity contribution in [2.75, 3.05) is 17.7 Å². The van der Waals surface area contributed by atoms with E-state index < -0.39 is 0 Å². The molecule has 6 nitrogen and oxygen atoms in total. The number of aromatic nitrogens is 3. The Bertz CT molecular complexity index is 572. The highest BCUT2D eigenvalue weighted by Crippen LogP contribution is 2.13. The number of rotatable bonds is 5. The van der Waals surface area contributed by atoms with E-state index in [4.69, 9.17) is 22.1 Å². The number of aryl methyl sites for hydroxylation is 1. The van der Waals surface area contributed by atoms with Gasteiger partial charge in [0.15, 0.2) is 0 Å². The molecule has 0 bridgehead atoms. The molecular formula is C13H16ClN5O. The first-order chi connectivity index (χ1) is 9.52. The molecule has 0 saturated carbocycles. The van der Waals surface area contributed by atoms with Crippen molar-refractivity contribution in [1.82, 2.24) is 15.0 Å². The molecule has 0 fully saturated rings. The summed E-state index contributed by atoms with van der Waals surface area (Å²) >= 11 is 5.71. The van der Waals surface area contributed by atoms with Crippen molar-refractivity contribution in [3.05, 3.63) is 35.1 Å². The van der Waals surface area contributed by atoms with Gasteiger partial charge in [-0.1, -0.05) is 12.1 Å². The van der Waals surface area contributed by atoms with E-state index in [1.165, 1.54) is 0 Å². The predicted octanol–water partition coefficient (Wildman–Crippen LogP) is 2.30. The van der Waals surface area contributed by atoms with E-state index in [1.807, 2.05) is 38.1 Å². The molecule has 1 atom stereocenters. The first-order valence-corrected chi connectivity index (χ1v) is 6.54. The van der Waals surface area contributed by atoms with Crippen molar-refractivity contribution in [1.29, 1.82) is 0 Å². The van der Waals surface area contributed by atoms with Crippen LogP contribution in [0.15, 0.2) is 24.3 Å². The van der Waals surface area contributed by atoms with E-state index in [-0.39, 0.29) is 17.3 Å². The largest absolute Gasteiger partial charge is 0.491 e. The maximum Gasteiger partial charge on any atom is 0.229 e. The van der Waals surface area contributed by atoms with E-state index >= 15 is 0 Å². The van der Waals surface area contributed by atoms with Gasteiger partial charge >= 0.3 is 0 Å². The molecular weight excluding hydrogens is 278 g/mol. The average molecular weight is 294 g/mol. The number of hydrogen-bond donors (Lipinski definition) is 2. The fourth-order valence-corrected chi connectivity index (χ4v) is 1.79. The summed E-state index contributed by atoms with van der Waals surface area (Å²) in [5.41, 5.74) is 6.65. The SMILES string of the molecule is Cc1cccc(OCC(C)Nc2nc(N)nc(Cl)n2)c1. The van der Waals surface area contributed by atoms with Crippen molar-refractivity contribution >= 4 is 23.5 Å². The van der Waals surface area contributed by atoms with Crippen LogP contribution >= 0.6 is 11.6 Å². The van der Waals surface area contributed by atoms with Crippen LogP contribution < -0.4 is 15.8 Å². The number of anilines is 2. The highest BCUT2D eigenvalue weighted by molar-refractivity contribution is 6.28. The average Bonchev–Trinajstić information content (AvgIpc) is 2.35. The third kappa shape index (κ3) is 4.24. The fraction of sp³-hybridized carbons (Fsp3) is 0.308. The molecule has 0 radical (unpaired) electrons. The summed E-state index contributed by atoms with van der Waals surface area (Å²) in [5.74, 6) is 1.24. The van der Waals surface area contributed by atoms with Crippen molar-refractivity contribution in [3.8, 4) is 5.75 Å². The number of nitrogens with two attached hydrogens (primary N) is 1. The zero-order valence-corrected chi connectivity index (χ0v) is 12.1. The molecule has 7 heteroatoms. The van der Waals surface area contributed by atoms with Gasteiger partial charge < -0.3 is 15.8 Å². The van der Waals surface area contributed by atoms with Gasteiger partial charge in [0.2, 0.25) is 17.2 Å². The summed E-state index contributed by atoms with van der Waals surface area (Å²) in [7, 11) is 0. The lowest BCUT2D eigenvalue weighted by atomic mass is 10.2. The van der Waals surface area contributed by atoms with Gasteiger partial charge in [0.05, 0.1) is 6.04 Å². The summed E-state index contributed by atoms with van der Waals surface area (Å²) in [6.07, 6.45) is 0. The molecule has 1 aromatic carbocycles. The summed E-state index contributed by atoms with van der Waals surface area (Å²) in [6, 6.07) is 7.86. The van der Waals surface area contributed by atoms with Gasteiger partial charge in [0.25, 0.3) is 0 Å². The number of nitrogen functional groups attached to an aromatic ring is 1. The van der Waals surface area contributed by atoms with Gasteiger partial charge in [0.1, 0.15) is 12.4 Å². The van der Waals surface area contributed by atoms with Crippen LogP contribution in [-0.4, -0.2) is 27.6 Å². The minimum Gasteiger partial charge on any atom is -0.491 e. The molecule has 0 spiro atoms. The smallest absolute Gasteiger partial charge is 0.229 e. The van der Waals surface area contributed by atoms with Crippen LogP contribution in [0.3, 0.4) is 0 Å². The number of benzene rings is 1. The Hall–Kier alpha value is -2.08. The van der Waals surface area contributed by atoms with Gasteiger partial charge in [0, 0.05) is 0 Å². The number of hydrogen-bond acceptors (Lipinski definition) is 6. The quantitative estimate of drug-likeness (QED) is 0.880. The predicted molar refractivity (Wildman–Crippen MR) is 79.0 cm³/mol.